The maximum Gasteiger partial charge on any atom is 0.441 e. The summed E-state index contributed by atoms with van der Waals surface area (Å²) in [7, 11) is 0. The zero-order valence-electron chi connectivity index (χ0n) is 10.6. The van der Waals surface area contributed by atoms with Crippen molar-refractivity contribution in [2.24, 2.45) is 5.41 Å². The third-order valence-electron chi connectivity index (χ3n) is 3.49. The lowest BCUT2D eigenvalue weighted by Gasteiger charge is -2.24. The topological polar surface area (TPSA) is 12.0 Å². The molecule has 0 aliphatic heterocycles. The van der Waals surface area contributed by atoms with Crippen LogP contribution in [0.4, 0.5) is 13.2 Å². The molecular weight excluding hydrogens is 247 g/mol. The van der Waals surface area contributed by atoms with Gasteiger partial charge in [0.1, 0.15) is 0 Å². The molecule has 0 aromatic heterocycles. The van der Waals surface area contributed by atoms with Crippen LogP contribution in [0.25, 0.3) is 0 Å². The highest BCUT2D eigenvalue weighted by atomic mass is 32.2. The molecule has 0 heterocycles. The van der Waals surface area contributed by atoms with Crippen molar-refractivity contribution in [3.05, 3.63) is 0 Å². The smallest absolute Gasteiger partial charge is 0.314 e. The molecule has 1 fully saturated rings. The van der Waals surface area contributed by atoms with E-state index in [2.05, 4.69) is 19.2 Å². The number of halogens is 3. The molecule has 0 aromatic rings. The Balaban J connectivity index is 2.24. The molecule has 102 valence electrons. The van der Waals surface area contributed by atoms with Crippen molar-refractivity contribution in [1.29, 1.82) is 0 Å². The summed E-state index contributed by atoms with van der Waals surface area (Å²) in [4.78, 5) is 0. The van der Waals surface area contributed by atoms with E-state index >= 15 is 0 Å². The van der Waals surface area contributed by atoms with Crippen LogP contribution in [0.15, 0.2) is 0 Å². The van der Waals surface area contributed by atoms with Crippen molar-refractivity contribution in [2.75, 3.05) is 12.3 Å². The SMILES string of the molecule is CCCNC1CCC(C)(CCSC(F)(F)F)C1. The summed E-state index contributed by atoms with van der Waals surface area (Å²) in [6.45, 7) is 5.26. The standard InChI is InChI=1S/C12H22F3NS/c1-3-7-16-10-4-5-11(2,9-10)6-8-17-12(13,14)15/h10,16H,3-9H2,1-2H3. The van der Waals surface area contributed by atoms with Crippen molar-refractivity contribution in [1.82, 2.24) is 5.32 Å². The Hall–Kier alpha value is 0.100. The Labute approximate surface area is 106 Å². The Morgan fingerprint density at radius 1 is 1.41 bits per heavy atom. The van der Waals surface area contributed by atoms with Crippen molar-refractivity contribution >= 4 is 11.8 Å². The molecule has 1 rings (SSSR count). The van der Waals surface area contributed by atoms with Gasteiger partial charge in [-0.3, -0.25) is 0 Å². The number of nitrogens with one attached hydrogen (secondary N) is 1. The molecule has 0 amide bonds. The third kappa shape index (κ3) is 6.00. The minimum atomic E-state index is -4.07. The highest BCUT2D eigenvalue weighted by Crippen LogP contribution is 2.43. The molecule has 0 bridgehead atoms. The summed E-state index contributed by atoms with van der Waals surface area (Å²) in [6.07, 6.45) is 4.95. The van der Waals surface area contributed by atoms with Gasteiger partial charge in [0.2, 0.25) is 0 Å². The summed E-state index contributed by atoms with van der Waals surface area (Å²) >= 11 is 0.118. The van der Waals surface area contributed by atoms with Gasteiger partial charge in [-0.25, -0.2) is 0 Å². The number of alkyl halides is 3. The van der Waals surface area contributed by atoms with Gasteiger partial charge in [0.05, 0.1) is 0 Å². The Morgan fingerprint density at radius 3 is 2.71 bits per heavy atom. The largest absolute Gasteiger partial charge is 0.441 e. The zero-order chi connectivity index (χ0) is 12.9. The summed E-state index contributed by atoms with van der Waals surface area (Å²) in [6, 6.07) is 0.510. The Kier molecular flexibility index (Phi) is 5.64. The minimum Gasteiger partial charge on any atom is -0.314 e. The molecule has 1 aliphatic rings. The van der Waals surface area contributed by atoms with Crippen LogP contribution in [0.2, 0.25) is 0 Å². The fraction of sp³-hybridized carbons (Fsp3) is 1.00. The van der Waals surface area contributed by atoms with Gasteiger partial charge in [-0.05, 0) is 44.1 Å². The lowest BCUT2D eigenvalue weighted by molar-refractivity contribution is -0.0329. The number of hydrogen-bond acceptors (Lipinski definition) is 2. The summed E-state index contributed by atoms with van der Waals surface area (Å²) in [5.41, 5.74) is -3.97. The monoisotopic (exact) mass is 269 g/mol. The van der Waals surface area contributed by atoms with E-state index < -0.39 is 5.51 Å². The van der Waals surface area contributed by atoms with E-state index in [0.29, 0.717) is 12.5 Å². The Morgan fingerprint density at radius 2 is 2.12 bits per heavy atom. The van der Waals surface area contributed by atoms with Gasteiger partial charge in [-0.15, -0.1) is 0 Å². The van der Waals surface area contributed by atoms with Crippen molar-refractivity contribution in [3.63, 3.8) is 0 Å². The number of rotatable bonds is 6. The highest BCUT2D eigenvalue weighted by molar-refractivity contribution is 8.00. The predicted octanol–water partition coefficient (Wildman–Crippen LogP) is 4.19. The molecule has 1 aliphatic carbocycles. The van der Waals surface area contributed by atoms with E-state index in [1.807, 2.05) is 0 Å². The van der Waals surface area contributed by atoms with Gasteiger partial charge in [0, 0.05) is 11.8 Å². The van der Waals surface area contributed by atoms with Crippen LogP contribution < -0.4 is 5.32 Å². The van der Waals surface area contributed by atoms with Crippen LogP contribution in [0, 0.1) is 5.41 Å². The molecule has 17 heavy (non-hydrogen) atoms. The molecule has 5 heteroatoms. The van der Waals surface area contributed by atoms with Gasteiger partial charge in [-0.2, -0.15) is 13.2 Å². The second-order valence-electron chi connectivity index (χ2n) is 5.25. The van der Waals surface area contributed by atoms with E-state index in [9.17, 15) is 13.2 Å². The van der Waals surface area contributed by atoms with E-state index in [-0.39, 0.29) is 22.9 Å². The van der Waals surface area contributed by atoms with Crippen molar-refractivity contribution in [3.8, 4) is 0 Å². The number of thioether (sulfide) groups is 1. The third-order valence-corrected chi connectivity index (χ3v) is 4.23. The lowest BCUT2D eigenvalue weighted by atomic mass is 9.86. The van der Waals surface area contributed by atoms with Gasteiger partial charge in [-0.1, -0.05) is 25.6 Å². The molecule has 1 N–H and O–H groups in total. The number of hydrogen-bond donors (Lipinski definition) is 1. The molecule has 0 radical (unpaired) electrons. The van der Waals surface area contributed by atoms with Gasteiger partial charge >= 0.3 is 5.51 Å². The first-order chi connectivity index (χ1) is 7.85. The van der Waals surface area contributed by atoms with Crippen molar-refractivity contribution < 1.29 is 13.2 Å². The average molecular weight is 269 g/mol. The van der Waals surface area contributed by atoms with Crippen LogP contribution in [-0.2, 0) is 0 Å². The fourth-order valence-electron chi connectivity index (χ4n) is 2.48. The quantitative estimate of drug-likeness (QED) is 0.776. The lowest BCUT2D eigenvalue weighted by Crippen LogP contribution is -2.28. The van der Waals surface area contributed by atoms with Crippen LogP contribution >= 0.6 is 11.8 Å². The fourth-order valence-corrected chi connectivity index (χ4v) is 3.31. The second kappa shape index (κ2) is 6.32. The van der Waals surface area contributed by atoms with Crippen LogP contribution in [0.3, 0.4) is 0 Å². The van der Waals surface area contributed by atoms with Gasteiger partial charge in [0.15, 0.2) is 0 Å². The maximum absolute atomic E-state index is 12.0. The second-order valence-corrected chi connectivity index (χ2v) is 6.41. The minimum absolute atomic E-state index is 0.101. The first-order valence-electron chi connectivity index (χ1n) is 6.29. The van der Waals surface area contributed by atoms with Crippen LogP contribution in [-0.4, -0.2) is 23.8 Å². The summed E-state index contributed by atoms with van der Waals surface area (Å²) in [5, 5.41) is 3.46. The van der Waals surface area contributed by atoms with Crippen LogP contribution in [0.5, 0.6) is 0 Å². The molecule has 1 saturated carbocycles. The summed E-state index contributed by atoms with van der Waals surface area (Å²) in [5.74, 6) is 0.195. The molecule has 0 saturated heterocycles. The van der Waals surface area contributed by atoms with Gasteiger partial charge < -0.3 is 5.32 Å². The van der Waals surface area contributed by atoms with E-state index in [1.54, 1.807) is 0 Å². The normalized spacial score (nSPS) is 29.8. The first kappa shape index (κ1) is 15.2. The first-order valence-corrected chi connectivity index (χ1v) is 7.27. The Bertz CT molecular complexity index is 232. The molecule has 0 spiro atoms. The van der Waals surface area contributed by atoms with Crippen molar-refractivity contribution in [2.45, 2.75) is 57.5 Å². The molecule has 1 nitrogen and oxygen atoms in total. The summed E-state index contributed by atoms with van der Waals surface area (Å²) < 4.78 is 36.1. The predicted molar refractivity (Wildman–Crippen MR) is 67.2 cm³/mol. The van der Waals surface area contributed by atoms with E-state index in [0.717, 1.165) is 32.2 Å². The van der Waals surface area contributed by atoms with E-state index in [4.69, 9.17) is 0 Å². The molecular formula is C12H22F3NS. The maximum atomic E-state index is 12.0. The van der Waals surface area contributed by atoms with E-state index in [1.165, 1.54) is 0 Å². The molecule has 2 unspecified atom stereocenters. The average Bonchev–Trinajstić information content (AvgIpc) is 2.55. The van der Waals surface area contributed by atoms with Gasteiger partial charge in [0.25, 0.3) is 0 Å². The highest BCUT2D eigenvalue weighted by Gasteiger charge is 2.36. The molecule has 2 atom stereocenters. The van der Waals surface area contributed by atoms with Crippen LogP contribution in [0.1, 0.15) is 46.0 Å². The zero-order valence-corrected chi connectivity index (χ0v) is 11.4. The molecule has 0 aromatic carbocycles.